The number of sulfonamides is 1. The van der Waals surface area contributed by atoms with Crippen LogP contribution in [-0.2, 0) is 16.6 Å². The molecule has 4 nitrogen and oxygen atoms in total. The summed E-state index contributed by atoms with van der Waals surface area (Å²) in [7, 11) is -3.36. The standard InChI is InChI=1S/C13H20N2O2S2/c1-13(2)7-12(13)15-19(16,17)11-5-6-18-10(11)8-14-9-3-4-9/h5-6,9,12,14-15H,3-4,7-8H2,1-2H3. The van der Waals surface area contributed by atoms with Gasteiger partial charge in [-0.2, -0.15) is 0 Å². The van der Waals surface area contributed by atoms with Gasteiger partial charge < -0.3 is 5.32 Å². The van der Waals surface area contributed by atoms with Crippen LogP contribution in [0.25, 0.3) is 0 Å². The fraction of sp³-hybridized carbons (Fsp3) is 0.692. The molecule has 0 saturated heterocycles. The predicted molar refractivity (Wildman–Crippen MR) is 76.7 cm³/mol. The van der Waals surface area contributed by atoms with Crippen LogP contribution in [-0.4, -0.2) is 20.5 Å². The Kier molecular flexibility index (Phi) is 3.24. The highest BCUT2D eigenvalue weighted by molar-refractivity contribution is 7.89. The van der Waals surface area contributed by atoms with Crippen LogP contribution in [0.1, 0.15) is 38.0 Å². The van der Waals surface area contributed by atoms with E-state index in [0.29, 0.717) is 17.5 Å². The maximum Gasteiger partial charge on any atom is 0.241 e. The van der Waals surface area contributed by atoms with Crippen molar-refractivity contribution < 1.29 is 8.42 Å². The first-order valence-electron chi connectivity index (χ1n) is 6.70. The van der Waals surface area contributed by atoms with Gasteiger partial charge in [-0.15, -0.1) is 11.3 Å². The molecular formula is C13H20N2O2S2. The van der Waals surface area contributed by atoms with Gasteiger partial charge in [0, 0.05) is 23.5 Å². The lowest BCUT2D eigenvalue weighted by Gasteiger charge is -2.09. The Morgan fingerprint density at radius 1 is 1.42 bits per heavy atom. The summed E-state index contributed by atoms with van der Waals surface area (Å²) in [5.74, 6) is 0. The van der Waals surface area contributed by atoms with Crippen LogP contribution in [0.4, 0.5) is 0 Å². The van der Waals surface area contributed by atoms with Crippen LogP contribution in [0.5, 0.6) is 0 Å². The van der Waals surface area contributed by atoms with Crippen LogP contribution in [0.3, 0.4) is 0 Å². The van der Waals surface area contributed by atoms with Gasteiger partial charge in [0.05, 0.1) is 4.90 Å². The third-order valence-corrected chi connectivity index (χ3v) is 6.54. The van der Waals surface area contributed by atoms with E-state index in [9.17, 15) is 8.42 Å². The first-order valence-corrected chi connectivity index (χ1v) is 9.07. The van der Waals surface area contributed by atoms with Crippen LogP contribution in [0.15, 0.2) is 16.3 Å². The highest BCUT2D eigenvalue weighted by Crippen LogP contribution is 2.45. The number of hydrogen-bond acceptors (Lipinski definition) is 4. The smallest absolute Gasteiger partial charge is 0.241 e. The first-order chi connectivity index (χ1) is 8.88. The average Bonchev–Trinajstić information content (AvgIpc) is 3.16. The van der Waals surface area contributed by atoms with E-state index in [1.165, 1.54) is 24.2 Å². The lowest BCUT2D eigenvalue weighted by molar-refractivity contribution is 0.553. The van der Waals surface area contributed by atoms with Gasteiger partial charge >= 0.3 is 0 Å². The van der Waals surface area contributed by atoms with Crippen LogP contribution < -0.4 is 10.0 Å². The van der Waals surface area contributed by atoms with Crippen molar-refractivity contribution >= 4 is 21.4 Å². The summed E-state index contributed by atoms with van der Waals surface area (Å²) in [5, 5.41) is 5.23. The Hall–Kier alpha value is -0.430. The second kappa shape index (κ2) is 4.55. The zero-order chi connectivity index (χ0) is 13.7. The van der Waals surface area contributed by atoms with E-state index in [2.05, 4.69) is 23.9 Å². The van der Waals surface area contributed by atoms with Gasteiger partial charge in [0.25, 0.3) is 0 Å². The highest BCUT2D eigenvalue weighted by Gasteiger charge is 2.48. The summed E-state index contributed by atoms with van der Waals surface area (Å²) in [5.41, 5.74) is 0.107. The molecule has 6 heteroatoms. The molecule has 2 N–H and O–H groups in total. The lowest BCUT2D eigenvalue weighted by atomic mass is 10.2. The Balaban J connectivity index is 1.71. The zero-order valence-corrected chi connectivity index (χ0v) is 12.9. The molecule has 1 heterocycles. The largest absolute Gasteiger partial charge is 0.309 e. The molecule has 1 atom stereocenters. The molecule has 0 bridgehead atoms. The minimum atomic E-state index is -3.36. The molecule has 3 rings (SSSR count). The van der Waals surface area contributed by atoms with Crippen molar-refractivity contribution in [2.45, 2.75) is 56.6 Å². The van der Waals surface area contributed by atoms with E-state index in [4.69, 9.17) is 0 Å². The molecule has 0 amide bonds. The van der Waals surface area contributed by atoms with Crippen LogP contribution >= 0.6 is 11.3 Å². The zero-order valence-electron chi connectivity index (χ0n) is 11.3. The molecule has 2 aliphatic carbocycles. The topological polar surface area (TPSA) is 58.2 Å². The Morgan fingerprint density at radius 2 is 2.11 bits per heavy atom. The molecule has 2 saturated carbocycles. The summed E-state index contributed by atoms with van der Waals surface area (Å²) < 4.78 is 27.6. The van der Waals surface area contributed by atoms with Crippen LogP contribution in [0.2, 0.25) is 0 Å². The maximum atomic E-state index is 12.4. The fourth-order valence-corrected chi connectivity index (χ4v) is 4.94. The van der Waals surface area contributed by atoms with Gasteiger partial charge in [-0.3, -0.25) is 0 Å². The molecule has 1 aromatic heterocycles. The van der Waals surface area contributed by atoms with E-state index in [-0.39, 0.29) is 11.5 Å². The second-order valence-corrected chi connectivity index (χ2v) is 8.91. The van der Waals surface area contributed by atoms with Crippen molar-refractivity contribution in [3.63, 3.8) is 0 Å². The summed E-state index contributed by atoms with van der Waals surface area (Å²) >= 11 is 1.51. The van der Waals surface area contributed by atoms with E-state index in [0.717, 1.165) is 11.3 Å². The molecule has 19 heavy (non-hydrogen) atoms. The Labute approximate surface area is 118 Å². The molecular weight excluding hydrogens is 280 g/mol. The minimum Gasteiger partial charge on any atom is -0.309 e. The SMILES string of the molecule is CC1(C)CC1NS(=O)(=O)c1ccsc1CNC1CC1. The van der Waals surface area contributed by atoms with Crippen molar-refractivity contribution in [3.05, 3.63) is 16.3 Å². The van der Waals surface area contributed by atoms with Crippen molar-refractivity contribution in [2.24, 2.45) is 5.41 Å². The molecule has 0 radical (unpaired) electrons. The van der Waals surface area contributed by atoms with Crippen molar-refractivity contribution in [2.75, 3.05) is 0 Å². The van der Waals surface area contributed by atoms with Gasteiger partial charge in [-0.1, -0.05) is 13.8 Å². The molecule has 2 fully saturated rings. The van der Waals surface area contributed by atoms with Gasteiger partial charge in [0.2, 0.25) is 10.0 Å². The molecule has 106 valence electrons. The summed E-state index contributed by atoms with van der Waals surface area (Å²) in [6.45, 7) is 4.83. The molecule has 2 aliphatic rings. The van der Waals surface area contributed by atoms with Crippen molar-refractivity contribution in [1.29, 1.82) is 0 Å². The number of hydrogen-bond donors (Lipinski definition) is 2. The van der Waals surface area contributed by atoms with E-state index < -0.39 is 10.0 Å². The summed E-state index contributed by atoms with van der Waals surface area (Å²) in [6.07, 6.45) is 3.34. The lowest BCUT2D eigenvalue weighted by Crippen LogP contribution is -2.29. The number of rotatable bonds is 6. The fourth-order valence-electron chi connectivity index (χ4n) is 2.14. The number of thiophene rings is 1. The van der Waals surface area contributed by atoms with Crippen LogP contribution in [0, 0.1) is 5.41 Å². The maximum absolute atomic E-state index is 12.4. The third-order valence-electron chi connectivity index (χ3n) is 3.93. The minimum absolute atomic E-state index is 0.0849. The van der Waals surface area contributed by atoms with E-state index in [1.807, 2.05) is 5.38 Å². The van der Waals surface area contributed by atoms with Gasteiger partial charge in [-0.05, 0) is 36.1 Å². The van der Waals surface area contributed by atoms with E-state index >= 15 is 0 Å². The summed E-state index contributed by atoms with van der Waals surface area (Å²) in [6, 6.07) is 2.39. The summed E-state index contributed by atoms with van der Waals surface area (Å²) in [4.78, 5) is 1.37. The number of nitrogens with one attached hydrogen (secondary N) is 2. The van der Waals surface area contributed by atoms with Gasteiger partial charge in [-0.25, -0.2) is 13.1 Å². The van der Waals surface area contributed by atoms with Gasteiger partial charge in [0.15, 0.2) is 0 Å². The second-order valence-electron chi connectivity index (χ2n) is 6.23. The Bertz CT molecular complexity index is 573. The molecule has 1 unspecified atom stereocenters. The van der Waals surface area contributed by atoms with Crippen molar-refractivity contribution in [3.8, 4) is 0 Å². The van der Waals surface area contributed by atoms with Crippen molar-refractivity contribution in [1.82, 2.24) is 10.0 Å². The molecule has 0 aromatic carbocycles. The molecule has 0 spiro atoms. The predicted octanol–water partition coefficient (Wildman–Crippen LogP) is 2.08. The van der Waals surface area contributed by atoms with E-state index in [1.54, 1.807) is 6.07 Å². The monoisotopic (exact) mass is 300 g/mol. The van der Waals surface area contributed by atoms with Gasteiger partial charge in [0.1, 0.15) is 0 Å². The highest BCUT2D eigenvalue weighted by atomic mass is 32.2. The third kappa shape index (κ3) is 3.02. The molecule has 1 aromatic rings. The normalized spacial score (nSPS) is 25.5. The first kappa shape index (κ1) is 13.5. The average molecular weight is 300 g/mol. The Morgan fingerprint density at radius 3 is 2.68 bits per heavy atom. The molecule has 0 aliphatic heterocycles. The quantitative estimate of drug-likeness (QED) is 0.845.